The topological polar surface area (TPSA) is 73.9 Å². The molecule has 6 nitrogen and oxygen atoms in total. The fraction of sp³-hybridized carbons (Fsp3) is 0.364. The van der Waals surface area contributed by atoms with Crippen LogP contribution in [0, 0.1) is 5.92 Å². The maximum absolute atomic E-state index is 12.6. The van der Waals surface area contributed by atoms with Crippen molar-refractivity contribution in [1.82, 2.24) is 5.32 Å². The van der Waals surface area contributed by atoms with Crippen molar-refractivity contribution >= 4 is 23.5 Å². The molecule has 0 radical (unpaired) electrons. The van der Waals surface area contributed by atoms with Crippen molar-refractivity contribution in [3.63, 3.8) is 0 Å². The Hall–Kier alpha value is -2.73. The largest absolute Gasteiger partial charge is 0.455 e. The van der Waals surface area contributed by atoms with E-state index in [0.717, 1.165) is 11.1 Å². The van der Waals surface area contributed by atoms with Gasteiger partial charge in [-0.3, -0.25) is 9.59 Å². The number of carbonyl (C=O) groups is 2. The van der Waals surface area contributed by atoms with E-state index in [0.29, 0.717) is 16.5 Å². The predicted molar refractivity (Wildman–Crippen MR) is 109 cm³/mol. The second-order valence-corrected chi connectivity index (χ2v) is 7.72. The molecule has 29 heavy (non-hydrogen) atoms. The first-order valence-corrected chi connectivity index (χ1v) is 9.84. The fourth-order valence-corrected chi connectivity index (χ4v) is 3.36. The lowest BCUT2D eigenvalue weighted by molar-refractivity contribution is -0.151. The number of fused-ring (bicyclic) bond motifs is 1. The zero-order chi connectivity index (χ0) is 21.0. The number of ether oxygens (including phenoxy) is 3. The molecule has 0 unspecified atom stereocenters. The van der Waals surface area contributed by atoms with E-state index in [4.69, 9.17) is 25.8 Å². The summed E-state index contributed by atoms with van der Waals surface area (Å²) in [5, 5.41) is 3.43. The minimum atomic E-state index is -0.466. The number of carbonyl (C=O) groups excluding carboxylic acids is 2. The third-order valence-corrected chi connectivity index (χ3v) is 5.02. The summed E-state index contributed by atoms with van der Waals surface area (Å²) in [6, 6.07) is 12.3. The van der Waals surface area contributed by atoms with Gasteiger partial charge in [0.2, 0.25) is 6.79 Å². The molecule has 1 aliphatic rings. The van der Waals surface area contributed by atoms with E-state index >= 15 is 0 Å². The first kappa shape index (κ1) is 21.0. The Kier molecular flexibility index (Phi) is 6.64. The second kappa shape index (κ2) is 9.18. The molecule has 7 heteroatoms. The first-order valence-electron chi connectivity index (χ1n) is 9.46. The van der Waals surface area contributed by atoms with Crippen LogP contribution in [0.15, 0.2) is 42.5 Å². The number of esters is 1. The van der Waals surface area contributed by atoms with Gasteiger partial charge in [0.1, 0.15) is 0 Å². The summed E-state index contributed by atoms with van der Waals surface area (Å²) in [5.41, 5.74) is 1.68. The molecule has 154 valence electrons. The quantitative estimate of drug-likeness (QED) is 0.682. The van der Waals surface area contributed by atoms with E-state index in [9.17, 15) is 9.59 Å². The molecule has 0 saturated carbocycles. The molecular formula is C22H24ClNO5. The van der Waals surface area contributed by atoms with Gasteiger partial charge in [-0.2, -0.15) is 0 Å². The molecule has 0 spiro atoms. The van der Waals surface area contributed by atoms with Crippen molar-refractivity contribution in [3.05, 3.63) is 58.6 Å². The van der Waals surface area contributed by atoms with E-state index in [2.05, 4.69) is 5.32 Å². The van der Waals surface area contributed by atoms with Crippen molar-refractivity contribution < 1.29 is 23.8 Å². The zero-order valence-corrected chi connectivity index (χ0v) is 17.4. The van der Waals surface area contributed by atoms with Crippen LogP contribution in [0.1, 0.15) is 43.9 Å². The smallest absolute Gasteiger partial charge is 0.314 e. The summed E-state index contributed by atoms with van der Waals surface area (Å²) in [7, 11) is 0. The summed E-state index contributed by atoms with van der Waals surface area (Å²) >= 11 is 5.92. The van der Waals surface area contributed by atoms with Crippen molar-refractivity contribution in [2.45, 2.75) is 32.7 Å². The molecule has 0 bridgehead atoms. The lowest BCUT2D eigenvalue weighted by atomic mass is 9.88. The highest BCUT2D eigenvalue weighted by Crippen LogP contribution is 2.34. The van der Waals surface area contributed by atoms with E-state index in [1.54, 1.807) is 30.3 Å². The summed E-state index contributed by atoms with van der Waals surface area (Å²) in [6.45, 7) is 5.57. The van der Waals surface area contributed by atoms with E-state index < -0.39 is 11.9 Å². The number of nitrogens with one attached hydrogen (secondary N) is 1. The Morgan fingerprint density at radius 3 is 2.38 bits per heavy atom. The average molecular weight is 418 g/mol. The maximum atomic E-state index is 12.6. The Bertz CT molecular complexity index is 881. The second-order valence-electron chi connectivity index (χ2n) is 7.28. The summed E-state index contributed by atoms with van der Waals surface area (Å²) < 4.78 is 15.9. The van der Waals surface area contributed by atoms with Gasteiger partial charge in [0, 0.05) is 5.02 Å². The third kappa shape index (κ3) is 5.21. The summed E-state index contributed by atoms with van der Waals surface area (Å²) in [6.07, 6.45) is 0. The van der Waals surface area contributed by atoms with Crippen LogP contribution in [0.3, 0.4) is 0 Å². The van der Waals surface area contributed by atoms with Crippen LogP contribution < -0.4 is 14.8 Å². The highest BCUT2D eigenvalue weighted by Gasteiger charge is 2.26. The number of halogens is 1. The van der Waals surface area contributed by atoms with Gasteiger partial charge in [-0.05, 0) is 48.2 Å². The Morgan fingerprint density at radius 1 is 1.03 bits per heavy atom. The van der Waals surface area contributed by atoms with Crippen molar-refractivity contribution in [2.75, 3.05) is 13.4 Å². The van der Waals surface area contributed by atoms with Crippen LogP contribution in [0.4, 0.5) is 0 Å². The molecule has 0 fully saturated rings. The van der Waals surface area contributed by atoms with Crippen LogP contribution >= 0.6 is 11.6 Å². The molecule has 0 saturated heterocycles. The SMILES string of the molecule is CC(C)[C@H](C(=O)OCC(=O)N[C@H](C)c1ccc2c(c1)OCO2)c1ccc(Cl)cc1. The fourth-order valence-electron chi connectivity index (χ4n) is 3.24. The minimum absolute atomic E-state index is 0.0132. The van der Waals surface area contributed by atoms with Gasteiger partial charge in [0.05, 0.1) is 12.0 Å². The van der Waals surface area contributed by atoms with Crippen LogP contribution in [-0.4, -0.2) is 25.3 Å². The van der Waals surface area contributed by atoms with Gasteiger partial charge in [0.25, 0.3) is 5.91 Å². The Balaban J connectivity index is 1.56. The van der Waals surface area contributed by atoms with Crippen molar-refractivity contribution in [1.29, 1.82) is 0 Å². The summed E-state index contributed by atoms with van der Waals surface area (Å²) in [4.78, 5) is 24.9. The van der Waals surface area contributed by atoms with Crippen LogP contribution in [0.5, 0.6) is 11.5 Å². The van der Waals surface area contributed by atoms with E-state index in [1.165, 1.54) is 0 Å². The van der Waals surface area contributed by atoms with Crippen LogP contribution in [-0.2, 0) is 14.3 Å². The molecule has 1 amide bonds. The van der Waals surface area contributed by atoms with Crippen LogP contribution in [0.2, 0.25) is 5.02 Å². The highest BCUT2D eigenvalue weighted by molar-refractivity contribution is 6.30. The Labute approximate surface area is 175 Å². The molecule has 2 aromatic rings. The van der Waals surface area contributed by atoms with Crippen LogP contribution in [0.25, 0.3) is 0 Å². The van der Waals surface area contributed by atoms with E-state index in [1.807, 2.05) is 32.9 Å². The standard InChI is InChI=1S/C22H24ClNO5/c1-13(2)21(15-4-7-17(23)8-5-15)22(26)27-11-20(25)24-14(3)16-6-9-18-19(10-16)29-12-28-18/h4-10,13-14,21H,11-12H2,1-3H3,(H,24,25)/t14-,21+/m1/s1. The Morgan fingerprint density at radius 2 is 1.69 bits per heavy atom. The highest BCUT2D eigenvalue weighted by atomic mass is 35.5. The van der Waals surface area contributed by atoms with Gasteiger partial charge >= 0.3 is 5.97 Å². The van der Waals surface area contributed by atoms with Crippen molar-refractivity contribution in [3.8, 4) is 11.5 Å². The lowest BCUT2D eigenvalue weighted by Gasteiger charge is -2.20. The molecule has 3 rings (SSSR count). The van der Waals surface area contributed by atoms with Gasteiger partial charge in [-0.15, -0.1) is 0 Å². The van der Waals surface area contributed by atoms with Gasteiger partial charge in [-0.1, -0.05) is 43.6 Å². The molecule has 2 aromatic carbocycles. The first-order chi connectivity index (χ1) is 13.8. The molecular weight excluding hydrogens is 394 g/mol. The third-order valence-electron chi connectivity index (χ3n) is 4.77. The number of hydrogen-bond donors (Lipinski definition) is 1. The number of benzene rings is 2. The van der Waals surface area contributed by atoms with Crippen molar-refractivity contribution in [2.24, 2.45) is 5.92 Å². The van der Waals surface area contributed by atoms with Gasteiger partial charge < -0.3 is 19.5 Å². The zero-order valence-electron chi connectivity index (χ0n) is 16.6. The molecule has 1 aliphatic heterocycles. The lowest BCUT2D eigenvalue weighted by Crippen LogP contribution is -2.32. The minimum Gasteiger partial charge on any atom is -0.455 e. The monoisotopic (exact) mass is 417 g/mol. The number of hydrogen-bond acceptors (Lipinski definition) is 5. The maximum Gasteiger partial charge on any atom is 0.314 e. The summed E-state index contributed by atoms with van der Waals surface area (Å²) in [5.74, 6) is 0.0712. The molecule has 1 heterocycles. The van der Waals surface area contributed by atoms with Gasteiger partial charge in [0.15, 0.2) is 18.1 Å². The molecule has 1 N–H and O–H groups in total. The van der Waals surface area contributed by atoms with E-state index in [-0.39, 0.29) is 31.3 Å². The number of rotatable bonds is 7. The predicted octanol–water partition coefficient (Wildman–Crippen LogP) is 4.23. The average Bonchev–Trinajstić information content (AvgIpc) is 3.15. The molecule has 0 aromatic heterocycles. The van der Waals surface area contributed by atoms with Gasteiger partial charge in [-0.25, -0.2) is 0 Å². The molecule has 2 atom stereocenters. The normalized spacial score (nSPS) is 14.4. The number of amides is 1. The molecule has 0 aliphatic carbocycles.